The van der Waals surface area contributed by atoms with Crippen LogP contribution in [-0.4, -0.2) is 134 Å². The van der Waals surface area contributed by atoms with Crippen LogP contribution in [0, 0.1) is 29.6 Å². The number of hydrogen-bond acceptors (Lipinski definition) is 17. The Morgan fingerprint density at radius 1 is 1.07 bits per heavy atom. The fourth-order valence-electron chi connectivity index (χ4n) is 10.1. The van der Waals surface area contributed by atoms with Crippen LogP contribution in [0.5, 0.6) is 34.5 Å². The largest absolute Gasteiger partial charge is 0.504 e. The van der Waals surface area contributed by atoms with E-state index in [0.29, 0.717) is 32.2 Å². The number of aliphatic hydroxyl groups excluding tert-OH is 4. The number of aromatic hydroxyl groups is 2. The van der Waals surface area contributed by atoms with Crippen molar-refractivity contribution in [3.8, 4) is 46.3 Å². The van der Waals surface area contributed by atoms with Gasteiger partial charge >= 0.3 is 11.9 Å². The number of carbonyl (C=O) groups is 2. The maximum atomic E-state index is 14.2. The number of nitrogens with zero attached hydrogens (tertiary/aromatic N) is 1. The molecule has 9 atom stereocenters. The molecule has 1 saturated heterocycles. The maximum Gasteiger partial charge on any atom is 0.344 e. The van der Waals surface area contributed by atoms with Gasteiger partial charge in [0.1, 0.15) is 23.4 Å². The average molecular weight is 991 g/mol. The normalized spacial score (nSPS) is 26.9. The molecule has 12 N–H and O–H groups in total. The van der Waals surface area contributed by atoms with E-state index in [0.717, 1.165) is 17.5 Å². The van der Waals surface area contributed by atoms with Gasteiger partial charge in [0, 0.05) is 55.1 Å². The van der Waals surface area contributed by atoms with E-state index in [1.165, 1.54) is 13.2 Å². The number of unbranched alkanes of at least 4 members (excludes halogenated alkanes) is 1. The first-order valence-electron chi connectivity index (χ1n) is 24.0. The highest BCUT2D eigenvalue weighted by Crippen LogP contribution is 2.53. The van der Waals surface area contributed by atoms with Crippen molar-refractivity contribution in [2.75, 3.05) is 38.9 Å². The van der Waals surface area contributed by atoms with Crippen molar-refractivity contribution in [2.45, 2.75) is 128 Å². The Morgan fingerprint density at radius 2 is 1.83 bits per heavy atom. The number of nitrogens with two attached hydrogens (primary N) is 1. The van der Waals surface area contributed by atoms with Crippen LogP contribution in [0.3, 0.4) is 0 Å². The molecule has 7 rings (SSSR count). The summed E-state index contributed by atoms with van der Waals surface area (Å²) in [5.74, 6) is 0.430. The number of guanidine groups is 1. The molecule has 4 heterocycles. The van der Waals surface area contributed by atoms with Crippen molar-refractivity contribution in [3.05, 3.63) is 63.7 Å². The Labute approximate surface area is 411 Å². The van der Waals surface area contributed by atoms with Gasteiger partial charge in [0.15, 0.2) is 41.3 Å². The summed E-state index contributed by atoms with van der Waals surface area (Å²) in [6.07, 6.45) is -7.43. The fraction of sp³-hybridized carbons (Fsp3) is 0.549. The lowest BCUT2D eigenvalue weighted by Crippen LogP contribution is -2.75. The number of hydrogen-bond donors (Lipinski definition) is 11. The molecule has 0 aliphatic carbocycles. The van der Waals surface area contributed by atoms with Crippen molar-refractivity contribution in [1.82, 2.24) is 5.32 Å². The summed E-state index contributed by atoms with van der Waals surface area (Å²) in [7, 11) is 1.21. The summed E-state index contributed by atoms with van der Waals surface area (Å²) in [4.78, 5) is 31.5. The van der Waals surface area contributed by atoms with E-state index in [2.05, 4.69) is 27.5 Å². The molecule has 20 nitrogen and oxygen atoms in total. The van der Waals surface area contributed by atoms with E-state index in [9.17, 15) is 45.3 Å². The van der Waals surface area contributed by atoms with Crippen molar-refractivity contribution >= 4 is 23.6 Å². The lowest BCUT2D eigenvalue weighted by atomic mass is 9.71. The Balaban J connectivity index is 1.31. The molecule has 386 valence electrons. The molecule has 4 aliphatic rings. The first kappa shape index (κ1) is 52.6. The van der Waals surface area contributed by atoms with E-state index in [4.69, 9.17) is 39.3 Å². The van der Waals surface area contributed by atoms with E-state index >= 15 is 0 Å². The van der Waals surface area contributed by atoms with Gasteiger partial charge in [-0.25, -0.2) is 14.6 Å². The standard InChI is InChI=1S/C51H66N4O16/c1-6-28-11-9-12-29(22-28)15-20-67-42-38(57)36-31(41(66-5)39(42)58)14-17-51(48(64)70-45(36)62)47(63)50(65)16-10-13-30-23-33-37(55-27(4)32(30)21-26(2)3)34(44(60)61)24-35(40(33)69-46(71-51)43(50)59)68-25-54-49(52)53-18-7-8-19-56/h9,11-12,22,24,26-27,30,32,43,46-48,55-59,63-65H,6-8,14-21,23,25H2,1-5H3,(H,60,61)(H3,52,53,54). The number of rotatable bonds is 16. The predicted molar refractivity (Wildman–Crippen MR) is 257 cm³/mol. The first-order valence-corrected chi connectivity index (χ1v) is 24.0. The minimum absolute atomic E-state index is 0.00136. The Bertz CT molecular complexity index is 2540. The molecule has 71 heavy (non-hydrogen) atoms. The van der Waals surface area contributed by atoms with Gasteiger partial charge in [-0.3, -0.25) is 0 Å². The second-order valence-corrected chi connectivity index (χ2v) is 19.0. The number of anilines is 1. The number of carboxylic acids is 1. The Kier molecular flexibility index (Phi) is 16.3. The van der Waals surface area contributed by atoms with Crippen LogP contribution in [0.25, 0.3) is 0 Å². The van der Waals surface area contributed by atoms with Gasteiger partial charge < -0.3 is 85.6 Å². The summed E-state index contributed by atoms with van der Waals surface area (Å²) in [5.41, 5.74) is 2.48. The predicted octanol–water partition coefficient (Wildman–Crippen LogP) is 3.09. The highest BCUT2D eigenvalue weighted by atomic mass is 16.7. The highest BCUT2D eigenvalue weighted by molar-refractivity contribution is 5.98. The summed E-state index contributed by atoms with van der Waals surface area (Å²) >= 11 is 0. The van der Waals surface area contributed by atoms with Gasteiger partial charge in [-0.15, -0.1) is 0 Å². The molecule has 0 amide bonds. The fourth-order valence-corrected chi connectivity index (χ4v) is 10.1. The SMILES string of the molecule is CCc1cccc(CCOc2c(O)c(OC)c3c(c2O)C(=O)OC(O)C2(CC3)OC3Oc4c(OCN=C(N)NCCCCO)cc(C(=O)O)c5c4CC(C#CCC(O)(C3O)C2O)C(CC(C)C)C(C)N5)c1. The van der Waals surface area contributed by atoms with Crippen LogP contribution in [0.4, 0.5) is 5.69 Å². The number of phenolic OH excluding ortho intramolecular Hbond substituents is 2. The monoisotopic (exact) mass is 990 g/mol. The van der Waals surface area contributed by atoms with Gasteiger partial charge in [-0.2, -0.15) is 0 Å². The van der Waals surface area contributed by atoms with E-state index in [1.807, 2.05) is 52.0 Å². The highest BCUT2D eigenvalue weighted by Gasteiger charge is 2.66. The lowest BCUT2D eigenvalue weighted by Gasteiger charge is -2.54. The number of aromatic carboxylic acids is 1. The van der Waals surface area contributed by atoms with Crippen molar-refractivity contribution in [3.63, 3.8) is 0 Å². The topological polar surface area (TPSA) is 314 Å². The number of esters is 1. The van der Waals surface area contributed by atoms with Gasteiger partial charge in [-0.1, -0.05) is 56.9 Å². The molecule has 3 aromatic rings. The number of nitrogens with one attached hydrogen (secondary N) is 2. The van der Waals surface area contributed by atoms with Crippen LogP contribution in [0.15, 0.2) is 35.3 Å². The molecule has 9 unspecified atom stereocenters. The number of aliphatic hydroxyl groups is 5. The molecule has 0 aromatic heterocycles. The Morgan fingerprint density at radius 3 is 2.54 bits per heavy atom. The van der Waals surface area contributed by atoms with Crippen LogP contribution >= 0.6 is 0 Å². The molecular weight excluding hydrogens is 925 g/mol. The van der Waals surface area contributed by atoms with Crippen LogP contribution in [0.1, 0.15) is 103 Å². The average Bonchev–Trinajstić information content (AvgIpc) is 3.46. The van der Waals surface area contributed by atoms with Gasteiger partial charge in [0.05, 0.1) is 25.0 Å². The quantitative estimate of drug-likeness (QED) is 0.0323. The number of aliphatic imine (C=N–C) groups is 1. The van der Waals surface area contributed by atoms with Gasteiger partial charge in [-0.05, 0) is 74.8 Å². The molecule has 4 aliphatic heterocycles. The van der Waals surface area contributed by atoms with Gasteiger partial charge in [0.25, 0.3) is 0 Å². The maximum absolute atomic E-state index is 14.2. The number of benzene rings is 3. The summed E-state index contributed by atoms with van der Waals surface area (Å²) in [5, 5.41) is 98.4. The van der Waals surface area contributed by atoms with E-state index in [1.54, 1.807) is 0 Å². The van der Waals surface area contributed by atoms with Crippen LogP contribution in [-0.2, 0) is 35.2 Å². The number of carboxylic acid groups (broad SMARTS) is 1. The third kappa shape index (κ3) is 10.6. The zero-order chi connectivity index (χ0) is 51.4. The molecule has 4 bridgehead atoms. The molecule has 1 fully saturated rings. The summed E-state index contributed by atoms with van der Waals surface area (Å²) < 4.78 is 36.2. The number of phenols is 2. The molecule has 0 radical (unpaired) electrons. The zero-order valence-corrected chi connectivity index (χ0v) is 40.6. The number of aryl methyl sites for hydroxylation is 1. The zero-order valence-electron chi connectivity index (χ0n) is 40.6. The number of fused-ring (bicyclic) bond motifs is 4. The summed E-state index contributed by atoms with van der Waals surface area (Å²) in [6.45, 7) is 7.92. The Hall–Kier alpha value is -6.21. The second-order valence-electron chi connectivity index (χ2n) is 19.0. The second kappa shape index (κ2) is 22.1. The minimum atomic E-state index is -2.68. The van der Waals surface area contributed by atoms with Crippen LogP contribution < -0.4 is 35.3 Å². The van der Waals surface area contributed by atoms with E-state index < -0.39 is 103 Å². The number of cyclic esters (lactones) is 1. The third-order valence-corrected chi connectivity index (χ3v) is 13.9. The van der Waals surface area contributed by atoms with E-state index in [-0.39, 0.29) is 83.1 Å². The summed E-state index contributed by atoms with van der Waals surface area (Å²) in [6, 6.07) is 8.66. The molecule has 0 saturated carbocycles. The number of methoxy groups -OCH3 is 1. The lowest BCUT2D eigenvalue weighted by molar-refractivity contribution is -0.381. The molecular formula is C51H66N4O16. The van der Waals surface area contributed by atoms with Crippen molar-refractivity contribution < 1.29 is 78.9 Å². The number of carbonyl (C=O) groups excluding carboxylic acids is 1. The van der Waals surface area contributed by atoms with Gasteiger partial charge in [0.2, 0.25) is 24.1 Å². The molecule has 20 heteroatoms. The first-order chi connectivity index (χ1) is 33.9. The van der Waals surface area contributed by atoms with Crippen molar-refractivity contribution in [1.29, 1.82) is 0 Å². The third-order valence-electron chi connectivity index (χ3n) is 13.9. The molecule has 3 aromatic carbocycles. The number of ether oxygens (including phenoxy) is 6. The van der Waals surface area contributed by atoms with Crippen molar-refractivity contribution in [2.24, 2.45) is 28.5 Å². The van der Waals surface area contributed by atoms with Crippen LogP contribution in [0.2, 0.25) is 0 Å². The molecule has 1 spiro atoms. The smallest absolute Gasteiger partial charge is 0.344 e. The minimum Gasteiger partial charge on any atom is -0.504 e.